The van der Waals surface area contributed by atoms with Crippen LogP contribution in [0.4, 0.5) is 0 Å². The van der Waals surface area contributed by atoms with Gasteiger partial charge in [0.05, 0.1) is 5.56 Å². The number of hydrogen-bond acceptors (Lipinski definition) is 2. The third-order valence-corrected chi connectivity index (χ3v) is 7.40. The molecule has 31 heavy (non-hydrogen) atoms. The van der Waals surface area contributed by atoms with Gasteiger partial charge in [0.1, 0.15) is 6.10 Å². The molecule has 0 aromatic heterocycles. The van der Waals surface area contributed by atoms with Crippen molar-refractivity contribution in [2.24, 2.45) is 0 Å². The van der Waals surface area contributed by atoms with Crippen LogP contribution in [0.3, 0.4) is 0 Å². The van der Waals surface area contributed by atoms with E-state index in [1.807, 2.05) is 0 Å². The van der Waals surface area contributed by atoms with Crippen molar-refractivity contribution in [1.29, 1.82) is 0 Å². The van der Waals surface area contributed by atoms with Crippen LogP contribution in [0.1, 0.15) is 116 Å². The summed E-state index contributed by atoms with van der Waals surface area (Å²) >= 11 is 0. The van der Waals surface area contributed by atoms with E-state index in [0.29, 0.717) is 11.8 Å². The molecule has 1 atom stereocenters. The quantitative estimate of drug-likeness (QED) is 0.324. The van der Waals surface area contributed by atoms with Gasteiger partial charge in [0, 0.05) is 6.42 Å². The number of carbonyl (C=O) groups excluding carboxylic acids is 1. The maximum atomic E-state index is 12.5. The summed E-state index contributed by atoms with van der Waals surface area (Å²) in [7, 11) is 0. The summed E-state index contributed by atoms with van der Waals surface area (Å²) in [5.41, 5.74) is 6.30. The van der Waals surface area contributed by atoms with E-state index in [1.165, 1.54) is 73.6 Å². The fourth-order valence-electron chi connectivity index (χ4n) is 5.50. The fourth-order valence-corrected chi connectivity index (χ4v) is 5.50. The van der Waals surface area contributed by atoms with Crippen LogP contribution in [-0.4, -0.2) is 12.1 Å². The minimum atomic E-state index is -0.116. The molecule has 1 fully saturated rings. The van der Waals surface area contributed by atoms with Gasteiger partial charge < -0.3 is 4.74 Å². The lowest BCUT2D eigenvalue weighted by Gasteiger charge is -2.30. The van der Waals surface area contributed by atoms with E-state index in [4.69, 9.17) is 4.74 Å². The zero-order valence-corrected chi connectivity index (χ0v) is 19.4. The van der Waals surface area contributed by atoms with Crippen LogP contribution in [0.15, 0.2) is 42.5 Å². The lowest BCUT2D eigenvalue weighted by Crippen LogP contribution is -2.27. The highest BCUT2D eigenvalue weighted by Crippen LogP contribution is 2.41. The first-order valence-corrected chi connectivity index (χ1v) is 12.6. The minimum Gasteiger partial charge on any atom is -0.458 e. The number of cyclic esters (lactones) is 1. The SMILES string of the molecule is CCCCCc1ccc(C2CCC(c3ccc4c(c3)C(=O)OC(CCC)C4)CC2)cc1. The van der Waals surface area contributed by atoms with E-state index in [9.17, 15) is 4.79 Å². The largest absolute Gasteiger partial charge is 0.458 e. The summed E-state index contributed by atoms with van der Waals surface area (Å²) in [6.07, 6.45) is 12.9. The van der Waals surface area contributed by atoms with E-state index in [-0.39, 0.29) is 12.1 Å². The first-order valence-electron chi connectivity index (χ1n) is 12.6. The van der Waals surface area contributed by atoms with Crippen molar-refractivity contribution in [3.05, 3.63) is 70.3 Å². The topological polar surface area (TPSA) is 26.3 Å². The summed E-state index contributed by atoms with van der Waals surface area (Å²) in [5.74, 6) is 1.13. The smallest absolute Gasteiger partial charge is 0.338 e. The maximum Gasteiger partial charge on any atom is 0.338 e. The van der Waals surface area contributed by atoms with Crippen molar-refractivity contribution in [2.75, 3.05) is 0 Å². The number of ether oxygens (including phenoxy) is 1. The van der Waals surface area contributed by atoms with Gasteiger partial charge in [-0.05, 0) is 85.1 Å². The second kappa shape index (κ2) is 10.5. The Balaban J connectivity index is 1.35. The highest BCUT2D eigenvalue weighted by Gasteiger charge is 2.28. The van der Waals surface area contributed by atoms with Crippen molar-refractivity contribution in [2.45, 2.75) is 102 Å². The first kappa shape index (κ1) is 22.1. The summed E-state index contributed by atoms with van der Waals surface area (Å²) in [6, 6.07) is 16.0. The Hall–Kier alpha value is -2.09. The van der Waals surface area contributed by atoms with Crippen molar-refractivity contribution in [3.63, 3.8) is 0 Å². The molecule has 0 radical (unpaired) electrons. The van der Waals surface area contributed by atoms with Crippen LogP contribution in [0.25, 0.3) is 0 Å². The molecular weight excluding hydrogens is 380 g/mol. The second-order valence-corrected chi connectivity index (χ2v) is 9.68. The summed E-state index contributed by atoms with van der Waals surface area (Å²) < 4.78 is 5.67. The highest BCUT2D eigenvalue weighted by atomic mass is 16.5. The molecule has 1 aliphatic heterocycles. The molecule has 1 saturated carbocycles. The summed E-state index contributed by atoms with van der Waals surface area (Å²) in [5, 5.41) is 0. The highest BCUT2D eigenvalue weighted by molar-refractivity contribution is 5.92. The molecular formula is C29H38O2. The molecule has 2 aliphatic rings. The van der Waals surface area contributed by atoms with E-state index < -0.39 is 0 Å². The van der Waals surface area contributed by atoms with Crippen LogP contribution in [0, 0.1) is 0 Å². The Morgan fingerprint density at radius 2 is 1.52 bits per heavy atom. The molecule has 2 aromatic rings. The molecule has 2 aromatic carbocycles. The van der Waals surface area contributed by atoms with Crippen molar-refractivity contribution in [3.8, 4) is 0 Å². The molecule has 2 nitrogen and oxygen atoms in total. The van der Waals surface area contributed by atoms with Gasteiger partial charge in [0.15, 0.2) is 0 Å². The van der Waals surface area contributed by atoms with E-state index in [2.05, 4.69) is 56.3 Å². The molecule has 0 saturated heterocycles. The molecule has 0 N–H and O–H groups in total. The molecule has 0 bridgehead atoms. The molecule has 4 rings (SSSR count). The van der Waals surface area contributed by atoms with E-state index >= 15 is 0 Å². The molecule has 1 aliphatic carbocycles. The summed E-state index contributed by atoms with van der Waals surface area (Å²) in [6.45, 7) is 4.41. The predicted octanol–water partition coefficient (Wildman–Crippen LogP) is 7.74. The van der Waals surface area contributed by atoms with Gasteiger partial charge in [-0.2, -0.15) is 0 Å². The van der Waals surface area contributed by atoms with Gasteiger partial charge in [-0.1, -0.05) is 69.5 Å². The standard InChI is InChI=1S/C29H38O2/c1-3-5-6-8-21-9-11-22(12-10-21)23-13-15-24(16-14-23)25-17-18-26-19-27(7-4-2)31-29(30)28(26)20-25/h9-12,17-18,20,23-24,27H,3-8,13-16,19H2,1-2H3. The number of esters is 1. The van der Waals surface area contributed by atoms with Gasteiger partial charge >= 0.3 is 5.97 Å². The fraction of sp³-hybridized carbons (Fsp3) is 0.552. The molecule has 1 unspecified atom stereocenters. The number of carbonyl (C=O) groups is 1. The summed E-state index contributed by atoms with van der Waals surface area (Å²) in [4.78, 5) is 12.5. The third kappa shape index (κ3) is 5.40. The number of fused-ring (bicyclic) bond motifs is 1. The van der Waals surface area contributed by atoms with Crippen LogP contribution in [-0.2, 0) is 17.6 Å². The van der Waals surface area contributed by atoms with Crippen LogP contribution < -0.4 is 0 Å². The van der Waals surface area contributed by atoms with Gasteiger partial charge in [-0.3, -0.25) is 0 Å². The van der Waals surface area contributed by atoms with E-state index in [0.717, 1.165) is 24.8 Å². The van der Waals surface area contributed by atoms with Crippen molar-refractivity contribution >= 4 is 5.97 Å². The lowest BCUT2D eigenvalue weighted by molar-refractivity contribution is 0.0236. The zero-order chi connectivity index (χ0) is 21.6. The maximum absolute atomic E-state index is 12.5. The number of rotatable bonds is 8. The van der Waals surface area contributed by atoms with Crippen LogP contribution in [0.2, 0.25) is 0 Å². The third-order valence-electron chi connectivity index (χ3n) is 7.40. The second-order valence-electron chi connectivity index (χ2n) is 9.68. The Bertz CT molecular complexity index is 859. The van der Waals surface area contributed by atoms with Crippen molar-refractivity contribution in [1.82, 2.24) is 0 Å². The number of aryl methyl sites for hydroxylation is 1. The zero-order valence-electron chi connectivity index (χ0n) is 19.4. The number of hydrogen-bond donors (Lipinski definition) is 0. The Morgan fingerprint density at radius 1 is 0.839 bits per heavy atom. The Morgan fingerprint density at radius 3 is 2.19 bits per heavy atom. The van der Waals surface area contributed by atoms with Crippen LogP contribution >= 0.6 is 0 Å². The van der Waals surface area contributed by atoms with Gasteiger partial charge in [0.25, 0.3) is 0 Å². The minimum absolute atomic E-state index is 0.0596. The van der Waals surface area contributed by atoms with Gasteiger partial charge in [0.2, 0.25) is 0 Å². The predicted molar refractivity (Wildman–Crippen MR) is 128 cm³/mol. The van der Waals surface area contributed by atoms with E-state index in [1.54, 1.807) is 0 Å². The molecule has 1 heterocycles. The normalized spacial score (nSPS) is 23.3. The van der Waals surface area contributed by atoms with Gasteiger partial charge in [-0.25, -0.2) is 4.79 Å². The monoisotopic (exact) mass is 418 g/mol. The first-order chi connectivity index (χ1) is 15.2. The Kier molecular flexibility index (Phi) is 7.48. The van der Waals surface area contributed by atoms with Crippen molar-refractivity contribution < 1.29 is 9.53 Å². The average molecular weight is 419 g/mol. The molecule has 0 amide bonds. The van der Waals surface area contributed by atoms with Gasteiger partial charge in [-0.15, -0.1) is 0 Å². The molecule has 0 spiro atoms. The molecule has 2 heteroatoms. The lowest BCUT2D eigenvalue weighted by atomic mass is 9.75. The number of benzene rings is 2. The number of unbranched alkanes of at least 4 members (excludes halogenated alkanes) is 2. The van der Waals surface area contributed by atoms with Crippen LogP contribution in [0.5, 0.6) is 0 Å². The average Bonchev–Trinajstić information content (AvgIpc) is 2.80. The Labute approximate surface area is 188 Å². The molecule has 166 valence electrons.